The first-order valence-electron chi connectivity index (χ1n) is 8.80. The number of halogens is 1. The van der Waals surface area contributed by atoms with Crippen molar-refractivity contribution >= 4 is 35.8 Å². The second-order valence-electron chi connectivity index (χ2n) is 6.26. The van der Waals surface area contributed by atoms with Crippen molar-refractivity contribution in [1.29, 1.82) is 0 Å². The maximum Gasteiger partial charge on any atom is 0.223 e. The number of hydrogen-bond acceptors (Lipinski definition) is 3. The molecule has 0 aromatic heterocycles. The van der Waals surface area contributed by atoms with E-state index >= 15 is 0 Å². The van der Waals surface area contributed by atoms with Crippen molar-refractivity contribution in [2.24, 2.45) is 10.9 Å². The van der Waals surface area contributed by atoms with Crippen molar-refractivity contribution in [3.63, 3.8) is 0 Å². The molecule has 0 radical (unpaired) electrons. The Hall–Kier alpha value is -1.51. The van der Waals surface area contributed by atoms with Gasteiger partial charge in [-0.05, 0) is 31.4 Å². The standard InChI is InChI=1S/C18H26N4O2.HI/c1-2-19-18(21-10-9-20-17(23)13-7-8-13)22-12-15-11-14-5-3-4-6-16(14)24-15;/h3-6,13,15H,2,7-12H2,1H3,(H,20,23)(H2,19,21,22);1H. The minimum Gasteiger partial charge on any atom is -0.488 e. The Kier molecular flexibility index (Phi) is 7.80. The van der Waals surface area contributed by atoms with Crippen LogP contribution >= 0.6 is 24.0 Å². The molecule has 1 heterocycles. The normalized spacial score (nSPS) is 18.6. The molecule has 7 heteroatoms. The summed E-state index contributed by atoms with van der Waals surface area (Å²) in [7, 11) is 0. The summed E-state index contributed by atoms with van der Waals surface area (Å²) in [4.78, 5) is 16.2. The molecule has 2 aliphatic rings. The first-order chi connectivity index (χ1) is 11.8. The van der Waals surface area contributed by atoms with Crippen LogP contribution in [-0.2, 0) is 11.2 Å². The zero-order chi connectivity index (χ0) is 16.8. The molecule has 3 N–H and O–H groups in total. The predicted molar refractivity (Wildman–Crippen MR) is 110 cm³/mol. The number of rotatable bonds is 7. The number of guanidine groups is 1. The molecule has 6 nitrogen and oxygen atoms in total. The Labute approximate surface area is 166 Å². The lowest BCUT2D eigenvalue weighted by Gasteiger charge is -2.13. The number of fused-ring (bicyclic) bond motifs is 1. The number of aliphatic imine (C=N–C) groups is 1. The number of amides is 1. The molecule has 1 unspecified atom stereocenters. The lowest BCUT2D eigenvalue weighted by Crippen LogP contribution is -2.42. The van der Waals surface area contributed by atoms with E-state index in [2.05, 4.69) is 27.0 Å². The molecule has 1 amide bonds. The Balaban J connectivity index is 0.00000225. The molecule has 3 rings (SSSR count). The predicted octanol–water partition coefficient (Wildman–Crippen LogP) is 1.69. The van der Waals surface area contributed by atoms with E-state index in [1.807, 2.05) is 25.1 Å². The van der Waals surface area contributed by atoms with Crippen molar-refractivity contribution < 1.29 is 9.53 Å². The third-order valence-corrected chi connectivity index (χ3v) is 4.18. The minimum absolute atomic E-state index is 0. The van der Waals surface area contributed by atoms with Gasteiger partial charge in [0.15, 0.2) is 5.96 Å². The molecule has 138 valence electrons. The molecular formula is C18H27IN4O2. The van der Waals surface area contributed by atoms with Crippen LogP contribution in [-0.4, -0.2) is 44.1 Å². The molecule has 1 atom stereocenters. The van der Waals surface area contributed by atoms with E-state index in [0.29, 0.717) is 19.6 Å². The average Bonchev–Trinajstić information content (AvgIpc) is 3.35. The topological polar surface area (TPSA) is 74.8 Å². The van der Waals surface area contributed by atoms with E-state index in [9.17, 15) is 4.79 Å². The number of nitrogens with zero attached hydrogens (tertiary/aromatic N) is 1. The van der Waals surface area contributed by atoms with Crippen molar-refractivity contribution in [2.45, 2.75) is 32.3 Å². The number of ether oxygens (including phenoxy) is 1. The van der Waals surface area contributed by atoms with Crippen LogP contribution in [0.5, 0.6) is 5.75 Å². The smallest absolute Gasteiger partial charge is 0.223 e. The van der Waals surface area contributed by atoms with E-state index in [0.717, 1.165) is 37.5 Å². The van der Waals surface area contributed by atoms with Gasteiger partial charge in [-0.3, -0.25) is 4.79 Å². The first-order valence-corrected chi connectivity index (χ1v) is 8.80. The van der Waals surface area contributed by atoms with Crippen molar-refractivity contribution in [3.05, 3.63) is 29.8 Å². The summed E-state index contributed by atoms with van der Waals surface area (Å²) in [6.45, 7) is 4.72. The SMILES string of the molecule is CCNC(=NCC1Cc2ccccc2O1)NCCNC(=O)C1CC1.I. The highest BCUT2D eigenvalue weighted by molar-refractivity contribution is 14.0. The summed E-state index contributed by atoms with van der Waals surface area (Å²) in [5, 5.41) is 9.41. The fourth-order valence-electron chi connectivity index (χ4n) is 2.75. The van der Waals surface area contributed by atoms with Gasteiger partial charge in [0.25, 0.3) is 0 Å². The van der Waals surface area contributed by atoms with Crippen molar-refractivity contribution in [3.8, 4) is 5.75 Å². The Morgan fingerprint density at radius 2 is 1.96 bits per heavy atom. The van der Waals surface area contributed by atoms with Gasteiger partial charge in [0.2, 0.25) is 5.91 Å². The summed E-state index contributed by atoms with van der Waals surface area (Å²) < 4.78 is 5.91. The molecule has 1 fully saturated rings. The molecular weight excluding hydrogens is 431 g/mol. The zero-order valence-electron chi connectivity index (χ0n) is 14.6. The highest BCUT2D eigenvalue weighted by Crippen LogP contribution is 2.29. The van der Waals surface area contributed by atoms with Crippen LogP contribution in [0.25, 0.3) is 0 Å². The van der Waals surface area contributed by atoms with Crippen molar-refractivity contribution in [2.75, 3.05) is 26.2 Å². The molecule has 1 aromatic carbocycles. The van der Waals surface area contributed by atoms with Gasteiger partial charge in [-0.15, -0.1) is 24.0 Å². The van der Waals surface area contributed by atoms with E-state index in [4.69, 9.17) is 4.74 Å². The number of hydrogen-bond donors (Lipinski definition) is 3. The van der Waals surface area contributed by atoms with Gasteiger partial charge < -0.3 is 20.7 Å². The summed E-state index contributed by atoms with van der Waals surface area (Å²) in [5.41, 5.74) is 1.25. The van der Waals surface area contributed by atoms with E-state index < -0.39 is 0 Å². The van der Waals surface area contributed by atoms with Crippen LogP contribution in [0.4, 0.5) is 0 Å². The number of carbonyl (C=O) groups excluding carboxylic acids is 1. The summed E-state index contributed by atoms with van der Waals surface area (Å²) in [6.07, 6.45) is 3.06. The maximum atomic E-state index is 11.6. The zero-order valence-corrected chi connectivity index (χ0v) is 16.9. The monoisotopic (exact) mass is 458 g/mol. The van der Waals surface area contributed by atoms with Gasteiger partial charge in [0.1, 0.15) is 11.9 Å². The van der Waals surface area contributed by atoms with Gasteiger partial charge in [0.05, 0.1) is 6.54 Å². The third-order valence-electron chi connectivity index (χ3n) is 4.18. The second kappa shape index (κ2) is 9.84. The van der Waals surface area contributed by atoms with E-state index in [-0.39, 0.29) is 41.9 Å². The Bertz CT molecular complexity index is 579. The maximum absolute atomic E-state index is 11.6. The molecule has 1 saturated carbocycles. The quantitative estimate of drug-likeness (QED) is 0.252. The molecule has 1 aliphatic heterocycles. The number of benzene rings is 1. The molecule has 0 bridgehead atoms. The molecule has 1 aliphatic carbocycles. The van der Waals surface area contributed by atoms with Crippen LogP contribution in [0.2, 0.25) is 0 Å². The van der Waals surface area contributed by atoms with Gasteiger partial charge in [0, 0.05) is 32.0 Å². The van der Waals surface area contributed by atoms with Crippen LogP contribution in [0.15, 0.2) is 29.3 Å². The molecule has 0 spiro atoms. The third kappa shape index (κ3) is 6.05. The minimum atomic E-state index is 0. The first kappa shape index (κ1) is 19.8. The highest BCUT2D eigenvalue weighted by Gasteiger charge is 2.29. The number of carbonyl (C=O) groups is 1. The van der Waals surface area contributed by atoms with Gasteiger partial charge in [-0.1, -0.05) is 18.2 Å². The largest absolute Gasteiger partial charge is 0.488 e. The fraction of sp³-hybridized carbons (Fsp3) is 0.556. The average molecular weight is 458 g/mol. The summed E-state index contributed by atoms with van der Waals surface area (Å²) in [6, 6.07) is 8.14. The molecule has 25 heavy (non-hydrogen) atoms. The molecule has 0 saturated heterocycles. The fourth-order valence-corrected chi connectivity index (χ4v) is 2.75. The Morgan fingerprint density at radius 1 is 1.20 bits per heavy atom. The van der Waals surface area contributed by atoms with Gasteiger partial charge in [-0.2, -0.15) is 0 Å². The van der Waals surface area contributed by atoms with Crippen molar-refractivity contribution in [1.82, 2.24) is 16.0 Å². The highest BCUT2D eigenvalue weighted by atomic mass is 127. The van der Waals surface area contributed by atoms with Gasteiger partial charge >= 0.3 is 0 Å². The second-order valence-corrected chi connectivity index (χ2v) is 6.26. The molecule has 1 aromatic rings. The van der Waals surface area contributed by atoms with Crippen LogP contribution in [0, 0.1) is 5.92 Å². The van der Waals surface area contributed by atoms with E-state index in [1.165, 1.54) is 5.56 Å². The van der Waals surface area contributed by atoms with E-state index in [1.54, 1.807) is 0 Å². The van der Waals surface area contributed by atoms with Crippen LogP contribution in [0.3, 0.4) is 0 Å². The number of nitrogens with one attached hydrogen (secondary N) is 3. The van der Waals surface area contributed by atoms with Crippen LogP contribution in [0.1, 0.15) is 25.3 Å². The summed E-state index contributed by atoms with van der Waals surface area (Å²) >= 11 is 0. The summed E-state index contributed by atoms with van der Waals surface area (Å²) in [5.74, 6) is 2.17. The lowest BCUT2D eigenvalue weighted by atomic mass is 10.1. The lowest BCUT2D eigenvalue weighted by molar-refractivity contribution is -0.122. The van der Waals surface area contributed by atoms with Crippen LogP contribution < -0.4 is 20.7 Å². The van der Waals surface area contributed by atoms with Gasteiger partial charge in [-0.25, -0.2) is 4.99 Å². The number of para-hydroxylation sites is 1. The Morgan fingerprint density at radius 3 is 2.68 bits per heavy atom.